The molecule has 0 saturated carbocycles. The van der Waals surface area contributed by atoms with E-state index in [4.69, 9.17) is 10.8 Å². The fraction of sp³-hybridized carbons (Fsp3) is 0.538. The molecule has 2 heteroatoms. The van der Waals surface area contributed by atoms with E-state index in [0.29, 0.717) is 0 Å². The van der Waals surface area contributed by atoms with Gasteiger partial charge in [-0.2, -0.15) is 0 Å². The van der Waals surface area contributed by atoms with Crippen LogP contribution >= 0.6 is 0 Å². The molecule has 1 atom stereocenters. The number of aryl methyl sites for hydroxylation is 2. The van der Waals surface area contributed by atoms with Gasteiger partial charge in [-0.3, -0.25) is 0 Å². The monoisotopic (exact) mass is 207 g/mol. The number of nitrogens with two attached hydrogens (primary N) is 1. The molecule has 1 unspecified atom stereocenters. The van der Waals surface area contributed by atoms with Gasteiger partial charge < -0.3 is 10.8 Å². The van der Waals surface area contributed by atoms with Crippen molar-refractivity contribution in [3.63, 3.8) is 0 Å². The van der Waals surface area contributed by atoms with Crippen LogP contribution < -0.4 is 5.73 Å². The number of rotatable bonds is 3. The lowest BCUT2D eigenvalue weighted by Gasteiger charge is -2.31. The van der Waals surface area contributed by atoms with Gasteiger partial charge in [0.2, 0.25) is 0 Å². The summed E-state index contributed by atoms with van der Waals surface area (Å²) in [7, 11) is 0. The van der Waals surface area contributed by atoms with Gasteiger partial charge in [0.15, 0.2) is 0 Å². The van der Waals surface area contributed by atoms with Gasteiger partial charge in [0.05, 0.1) is 6.61 Å². The van der Waals surface area contributed by atoms with E-state index in [9.17, 15) is 0 Å². The Morgan fingerprint density at radius 1 is 1.27 bits per heavy atom. The highest BCUT2D eigenvalue weighted by molar-refractivity contribution is 5.34. The number of benzene rings is 1. The van der Waals surface area contributed by atoms with Gasteiger partial charge >= 0.3 is 0 Å². The second kappa shape index (κ2) is 4.33. The molecule has 0 aliphatic carbocycles. The molecule has 3 N–H and O–H groups in total. The predicted molar refractivity (Wildman–Crippen MR) is 64.0 cm³/mol. The molecule has 0 bridgehead atoms. The van der Waals surface area contributed by atoms with E-state index in [1.807, 2.05) is 0 Å². The Balaban J connectivity index is 3.10. The first-order valence-corrected chi connectivity index (χ1v) is 5.33. The Bertz CT molecular complexity index is 344. The third-order valence-electron chi connectivity index (χ3n) is 3.37. The molecule has 1 aromatic rings. The maximum atomic E-state index is 9.13. The average Bonchev–Trinajstić information content (AvgIpc) is 2.20. The third kappa shape index (κ3) is 2.39. The van der Waals surface area contributed by atoms with Crippen LogP contribution in [0.5, 0.6) is 0 Å². The van der Waals surface area contributed by atoms with Crippen molar-refractivity contribution in [2.75, 3.05) is 6.61 Å². The van der Waals surface area contributed by atoms with Crippen molar-refractivity contribution in [3.8, 4) is 0 Å². The van der Waals surface area contributed by atoms with Crippen molar-refractivity contribution in [2.45, 2.75) is 39.2 Å². The van der Waals surface area contributed by atoms with Gasteiger partial charge in [-0.05, 0) is 30.5 Å². The van der Waals surface area contributed by atoms with Crippen molar-refractivity contribution in [1.29, 1.82) is 0 Å². The Hall–Kier alpha value is -0.860. The lowest BCUT2D eigenvalue weighted by Crippen LogP contribution is -2.43. The Morgan fingerprint density at radius 2 is 1.87 bits per heavy atom. The SMILES string of the molecule is Cc1ccc(C(C)(C)C(N)CO)cc1C. The van der Waals surface area contributed by atoms with E-state index in [1.165, 1.54) is 16.7 Å². The van der Waals surface area contributed by atoms with Crippen LogP contribution in [0.4, 0.5) is 0 Å². The molecule has 2 nitrogen and oxygen atoms in total. The molecule has 84 valence electrons. The average molecular weight is 207 g/mol. The van der Waals surface area contributed by atoms with Crippen LogP contribution in [-0.4, -0.2) is 17.8 Å². The molecule has 1 aromatic carbocycles. The quantitative estimate of drug-likeness (QED) is 0.795. The van der Waals surface area contributed by atoms with Crippen LogP contribution in [0.1, 0.15) is 30.5 Å². The van der Waals surface area contributed by atoms with Gasteiger partial charge in [-0.1, -0.05) is 32.0 Å². The molecular formula is C13H21NO. The first kappa shape index (κ1) is 12.2. The molecular weight excluding hydrogens is 186 g/mol. The summed E-state index contributed by atoms with van der Waals surface area (Å²) in [5.41, 5.74) is 9.47. The van der Waals surface area contributed by atoms with Gasteiger partial charge in [-0.15, -0.1) is 0 Å². The van der Waals surface area contributed by atoms with Crippen LogP contribution in [0.25, 0.3) is 0 Å². The van der Waals surface area contributed by atoms with Gasteiger partial charge in [-0.25, -0.2) is 0 Å². The topological polar surface area (TPSA) is 46.2 Å². The summed E-state index contributed by atoms with van der Waals surface area (Å²) >= 11 is 0. The van der Waals surface area contributed by atoms with Crippen molar-refractivity contribution in [1.82, 2.24) is 0 Å². The van der Waals surface area contributed by atoms with Crippen molar-refractivity contribution >= 4 is 0 Å². The molecule has 0 radical (unpaired) electrons. The van der Waals surface area contributed by atoms with E-state index >= 15 is 0 Å². The van der Waals surface area contributed by atoms with Crippen LogP contribution in [0.3, 0.4) is 0 Å². The summed E-state index contributed by atoms with van der Waals surface area (Å²) in [5, 5.41) is 9.13. The smallest absolute Gasteiger partial charge is 0.0591 e. The summed E-state index contributed by atoms with van der Waals surface area (Å²) in [6.07, 6.45) is 0. The molecule has 0 saturated heterocycles. The maximum Gasteiger partial charge on any atom is 0.0591 e. The van der Waals surface area contributed by atoms with Gasteiger partial charge in [0.1, 0.15) is 0 Å². The van der Waals surface area contributed by atoms with E-state index < -0.39 is 0 Å². The minimum Gasteiger partial charge on any atom is -0.395 e. The van der Waals surface area contributed by atoms with Crippen LogP contribution in [0.15, 0.2) is 18.2 Å². The Morgan fingerprint density at radius 3 is 2.33 bits per heavy atom. The molecule has 0 amide bonds. The zero-order chi connectivity index (χ0) is 11.6. The lowest BCUT2D eigenvalue weighted by molar-refractivity contribution is 0.220. The van der Waals surface area contributed by atoms with E-state index in [-0.39, 0.29) is 18.1 Å². The van der Waals surface area contributed by atoms with E-state index in [2.05, 4.69) is 45.9 Å². The number of hydrogen-bond acceptors (Lipinski definition) is 2. The first-order valence-electron chi connectivity index (χ1n) is 5.33. The molecule has 15 heavy (non-hydrogen) atoms. The highest BCUT2D eigenvalue weighted by Crippen LogP contribution is 2.27. The summed E-state index contributed by atoms with van der Waals surface area (Å²) in [6.45, 7) is 8.34. The second-order valence-corrected chi connectivity index (χ2v) is 4.81. The largest absolute Gasteiger partial charge is 0.395 e. The summed E-state index contributed by atoms with van der Waals surface area (Å²) in [6, 6.07) is 6.14. The highest BCUT2D eigenvalue weighted by atomic mass is 16.3. The van der Waals surface area contributed by atoms with Crippen LogP contribution in [0, 0.1) is 13.8 Å². The summed E-state index contributed by atoms with van der Waals surface area (Å²) in [5.74, 6) is 0. The molecule has 0 aromatic heterocycles. The van der Waals surface area contributed by atoms with Crippen LogP contribution in [0.2, 0.25) is 0 Å². The second-order valence-electron chi connectivity index (χ2n) is 4.81. The molecule has 0 spiro atoms. The van der Waals surface area contributed by atoms with Crippen LogP contribution in [-0.2, 0) is 5.41 Å². The van der Waals surface area contributed by atoms with E-state index in [0.717, 1.165) is 0 Å². The zero-order valence-electron chi connectivity index (χ0n) is 10.0. The minimum atomic E-state index is -0.223. The number of hydrogen-bond donors (Lipinski definition) is 2. The zero-order valence-corrected chi connectivity index (χ0v) is 10.0. The van der Waals surface area contributed by atoms with Gasteiger partial charge in [0.25, 0.3) is 0 Å². The van der Waals surface area contributed by atoms with Crippen molar-refractivity contribution < 1.29 is 5.11 Å². The molecule has 1 rings (SSSR count). The first-order chi connectivity index (χ1) is 6.89. The number of aliphatic hydroxyl groups excluding tert-OH is 1. The third-order valence-corrected chi connectivity index (χ3v) is 3.37. The van der Waals surface area contributed by atoms with Crippen molar-refractivity contribution in [2.24, 2.45) is 5.73 Å². The lowest BCUT2D eigenvalue weighted by atomic mass is 9.77. The Labute approximate surface area is 92.1 Å². The van der Waals surface area contributed by atoms with E-state index in [1.54, 1.807) is 0 Å². The molecule has 0 aliphatic heterocycles. The predicted octanol–water partition coefficient (Wildman–Crippen LogP) is 1.90. The van der Waals surface area contributed by atoms with Crippen molar-refractivity contribution in [3.05, 3.63) is 34.9 Å². The minimum absolute atomic E-state index is 0.0138. The Kier molecular flexibility index (Phi) is 3.53. The normalized spacial score (nSPS) is 14.0. The molecule has 0 fully saturated rings. The molecule has 0 aliphatic rings. The summed E-state index contributed by atoms with van der Waals surface area (Å²) < 4.78 is 0. The summed E-state index contributed by atoms with van der Waals surface area (Å²) in [4.78, 5) is 0. The highest BCUT2D eigenvalue weighted by Gasteiger charge is 2.27. The fourth-order valence-corrected chi connectivity index (χ4v) is 1.58. The standard InChI is InChI=1S/C13H21NO/c1-9-5-6-11(7-10(9)2)13(3,4)12(14)8-15/h5-7,12,15H,8,14H2,1-4H3. The fourth-order valence-electron chi connectivity index (χ4n) is 1.58. The van der Waals surface area contributed by atoms with Gasteiger partial charge in [0, 0.05) is 11.5 Å². The number of aliphatic hydroxyl groups is 1. The molecule has 0 heterocycles. The maximum absolute atomic E-state index is 9.13.